The number of benzene rings is 2. The zero-order chi connectivity index (χ0) is 12.5. The molecule has 0 N–H and O–H groups in total. The molecule has 1 aliphatic rings. The Morgan fingerprint density at radius 2 is 1.78 bits per heavy atom. The van der Waals surface area contributed by atoms with Crippen molar-refractivity contribution < 1.29 is 14.3 Å². The molecule has 18 heavy (non-hydrogen) atoms. The highest BCUT2D eigenvalue weighted by atomic mass is 16.7. The molecule has 0 amide bonds. The maximum Gasteiger partial charge on any atom is 0.231 e. The van der Waals surface area contributed by atoms with Gasteiger partial charge in [0, 0.05) is 11.1 Å². The Labute approximate surface area is 105 Å². The number of hydrogen-bond acceptors (Lipinski definition) is 3. The molecule has 0 saturated carbocycles. The molecule has 2 aromatic carbocycles. The van der Waals surface area contributed by atoms with Crippen LogP contribution in [0.3, 0.4) is 0 Å². The van der Waals surface area contributed by atoms with Gasteiger partial charge in [0.25, 0.3) is 0 Å². The van der Waals surface area contributed by atoms with Gasteiger partial charge >= 0.3 is 0 Å². The summed E-state index contributed by atoms with van der Waals surface area (Å²) in [5.41, 5.74) is 2.38. The highest BCUT2D eigenvalue weighted by Crippen LogP contribution is 2.33. The molecule has 0 radical (unpaired) electrons. The Balaban J connectivity index is 1.98. The molecule has 90 valence electrons. The molecule has 0 bridgehead atoms. The fourth-order valence-corrected chi connectivity index (χ4v) is 1.99. The summed E-state index contributed by atoms with van der Waals surface area (Å²) in [7, 11) is 0. The monoisotopic (exact) mass is 240 g/mol. The van der Waals surface area contributed by atoms with Crippen LogP contribution in [0.15, 0.2) is 42.5 Å². The van der Waals surface area contributed by atoms with Gasteiger partial charge in [-0.05, 0) is 31.2 Å². The number of ether oxygens (including phenoxy) is 2. The zero-order valence-electron chi connectivity index (χ0n) is 9.97. The van der Waals surface area contributed by atoms with Crippen LogP contribution in [0.5, 0.6) is 11.5 Å². The van der Waals surface area contributed by atoms with Gasteiger partial charge in [-0.2, -0.15) is 0 Å². The second-order valence-electron chi connectivity index (χ2n) is 4.27. The maximum absolute atomic E-state index is 12.3. The summed E-state index contributed by atoms with van der Waals surface area (Å²) in [5, 5.41) is 0. The minimum absolute atomic E-state index is 0.00278. The number of hydrogen-bond donors (Lipinski definition) is 0. The minimum atomic E-state index is -0.00278. The van der Waals surface area contributed by atoms with Crippen molar-refractivity contribution in [2.24, 2.45) is 0 Å². The molecule has 0 aromatic heterocycles. The predicted molar refractivity (Wildman–Crippen MR) is 67.2 cm³/mol. The van der Waals surface area contributed by atoms with E-state index < -0.39 is 0 Å². The summed E-state index contributed by atoms with van der Waals surface area (Å²) in [6.07, 6.45) is 0. The standard InChI is InChI=1S/C15H12O3/c1-10-3-2-4-11(7-10)15(16)12-5-6-13-14(8-12)18-9-17-13/h2-8H,9H2,1H3. The van der Waals surface area contributed by atoms with Crippen molar-refractivity contribution in [3.05, 3.63) is 59.2 Å². The first-order valence-electron chi connectivity index (χ1n) is 5.75. The van der Waals surface area contributed by atoms with Gasteiger partial charge in [-0.3, -0.25) is 4.79 Å². The predicted octanol–water partition coefficient (Wildman–Crippen LogP) is 2.95. The molecule has 0 aliphatic carbocycles. The summed E-state index contributed by atoms with van der Waals surface area (Å²) in [6.45, 7) is 2.19. The summed E-state index contributed by atoms with van der Waals surface area (Å²) >= 11 is 0. The van der Waals surface area contributed by atoms with Crippen LogP contribution >= 0.6 is 0 Å². The summed E-state index contributed by atoms with van der Waals surface area (Å²) in [4.78, 5) is 12.3. The largest absolute Gasteiger partial charge is 0.454 e. The molecule has 3 rings (SSSR count). The Morgan fingerprint density at radius 3 is 2.61 bits per heavy atom. The van der Waals surface area contributed by atoms with E-state index in [-0.39, 0.29) is 12.6 Å². The van der Waals surface area contributed by atoms with E-state index in [1.165, 1.54) is 0 Å². The second kappa shape index (κ2) is 4.18. The lowest BCUT2D eigenvalue weighted by molar-refractivity contribution is 0.103. The number of fused-ring (bicyclic) bond motifs is 1. The topological polar surface area (TPSA) is 35.5 Å². The van der Waals surface area contributed by atoms with E-state index in [1.54, 1.807) is 18.2 Å². The summed E-state index contributed by atoms with van der Waals surface area (Å²) in [5.74, 6) is 1.32. The van der Waals surface area contributed by atoms with Crippen LogP contribution in [0.2, 0.25) is 0 Å². The number of carbonyl (C=O) groups is 1. The van der Waals surface area contributed by atoms with Gasteiger partial charge in [-0.25, -0.2) is 0 Å². The van der Waals surface area contributed by atoms with Crippen molar-refractivity contribution in [3.8, 4) is 11.5 Å². The third-order valence-electron chi connectivity index (χ3n) is 2.92. The number of carbonyl (C=O) groups excluding carboxylic acids is 1. The van der Waals surface area contributed by atoms with E-state index in [1.807, 2.05) is 31.2 Å². The average Bonchev–Trinajstić information content (AvgIpc) is 2.85. The molecule has 1 aliphatic heterocycles. The van der Waals surface area contributed by atoms with Crippen LogP contribution in [0.1, 0.15) is 21.5 Å². The third-order valence-corrected chi connectivity index (χ3v) is 2.92. The molecule has 3 nitrogen and oxygen atoms in total. The highest BCUT2D eigenvalue weighted by molar-refractivity contribution is 6.09. The first-order valence-corrected chi connectivity index (χ1v) is 5.75. The summed E-state index contributed by atoms with van der Waals surface area (Å²) < 4.78 is 10.5. The van der Waals surface area contributed by atoms with Crippen molar-refractivity contribution in [2.75, 3.05) is 6.79 Å². The van der Waals surface area contributed by atoms with Gasteiger partial charge in [0.15, 0.2) is 17.3 Å². The first-order chi connectivity index (χ1) is 8.74. The molecule has 0 saturated heterocycles. The van der Waals surface area contributed by atoms with Gasteiger partial charge in [0.05, 0.1) is 0 Å². The fraction of sp³-hybridized carbons (Fsp3) is 0.133. The van der Waals surface area contributed by atoms with Crippen molar-refractivity contribution >= 4 is 5.78 Å². The first kappa shape index (κ1) is 10.8. The highest BCUT2D eigenvalue weighted by Gasteiger charge is 2.17. The van der Waals surface area contributed by atoms with Crippen LogP contribution in [0.25, 0.3) is 0 Å². The Bertz CT molecular complexity index is 617. The number of rotatable bonds is 2. The van der Waals surface area contributed by atoms with Crippen LogP contribution in [0, 0.1) is 6.92 Å². The Kier molecular flexibility index (Phi) is 2.52. The van der Waals surface area contributed by atoms with Crippen LogP contribution in [-0.4, -0.2) is 12.6 Å². The van der Waals surface area contributed by atoms with E-state index in [2.05, 4.69) is 0 Å². The lowest BCUT2D eigenvalue weighted by atomic mass is 10.0. The lowest BCUT2D eigenvalue weighted by Crippen LogP contribution is -2.01. The lowest BCUT2D eigenvalue weighted by Gasteiger charge is -2.03. The molecule has 0 atom stereocenters. The van der Waals surface area contributed by atoms with Crippen molar-refractivity contribution in [3.63, 3.8) is 0 Å². The zero-order valence-corrected chi connectivity index (χ0v) is 9.97. The normalized spacial score (nSPS) is 12.5. The van der Waals surface area contributed by atoms with E-state index in [9.17, 15) is 4.79 Å². The maximum atomic E-state index is 12.3. The van der Waals surface area contributed by atoms with Gasteiger partial charge in [0.1, 0.15) is 0 Å². The van der Waals surface area contributed by atoms with Gasteiger partial charge < -0.3 is 9.47 Å². The van der Waals surface area contributed by atoms with Gasteiger partial charge in [-0.1, -0.05) is 23.8 Å². The van der Waals surface area contributed by atoms with E-state index in [0.717, 1.165) is 5.56 Å². The van der Waals surface area contributed by atoms with Gasteiger partial charge in [-0.15, -0.1) is 0 Å². The number of aryl methyl sites for hydroxylation is 1. The number of ketones is 1. The van der Waals surface area contributed by atoms with Crippen LogP contribution < -0.4 is 9.47 Å². The Hall–Kier alpha value is -2.29. The van der Waals surface area contributed by atoms with Crippen LogP contribution in [-0.2, 0) is 0 Å². The van der Waals surface area contributed by atoms with E-state index >= 15 is 0 Å². The third kappa shape index (κ3) is 1.84. The molecule has 3 heteroatoms. The van der Waals surface area contributed by atoms with Gasteiger partial charge in [0.2, 0.25) is 6.79 Å². The van der Waals surface area contributed by atoms with Crippen LogP contribution in [0.4, 0.5) is 0 Å². The molecular formula is C15H12O3. The Morgan fingerprint density at radius 1 is 1.00 bits per heavy atom. The molecule has 1 heterocycles. The van der Waals surface area contributed by atoms with E-state index in [0.29, 0.717) is 22.6 Å². The summed E-state index contributed by atoms with van der Waals surface area (Å²) in [6, 6.07) is 12.8. The molecular weight excluding hydrogens is 228 g/mol. The molecule has 0 fully saturated rings. The average molecular weight is 240 g/mol. The fourth-order valence-electron chi connectivity index (χ4n) is 1.99. The smallest absolute Gasteiger partial charge is 0.231 e. The molecule has 2 aromatic rings. The van der Waals surface area contributed by atoms with E-state index in [4.69, 9.17) is 9.47 Å². The van der Waals surface area contributed by atoms with Crippen molar-refractivity contribution in [2.45, 2.75) is 6.92 Å². The second-order valence-corrected chi connectivity index (χ2v) is 4.27. The minimum Gasteiger partial charge on any atom is -0.454 e. The van der Waals surface area contributed by atoms with Crippen molar-refractivity contribution in [1.29, 1.82) is 0 Å². The SMILES string of the molecule is Cc1cccc(C(=O)c2ccc3c(c2)OCO3)c1. The van der Waals surface area contributed by atoms with Crippen molar-refractivity contribution in [1.82, 2.24) is 0 Å². The molecule has 0 unspecified atom stereocenters. The molecule has 0 spiro atoms. The quantitative estimate of drug-likeness (QED) is 0.757.